The van der Waals surface area contributed by atoms with Gasteiger partial charge in [-0.05, 0) is 25.1 Å². The Morgan fingerprint density at radius 2 is 2.14 bits per heavy atom. The number of aryl methyl sites for hydroxylation is 1. The first-order chi connectivity index (χ1) is 9.87. The number of aliphatic carboxylic acids is 1. The van der Waals surface area contributed by atoms with E-state index in [0.29, 0.717) is 16.4 Å². The third-order valence-electron chi connectivity index (χ3n) is 2.50. The highest BCUT2D eigenvalue weighted by Gasteiger charge is 2.17. The van der Waals surface area contributed by atoms with Gasteiger partial charge in [-0.1, -0.05) is 0 Å². The van der Waals surface area contributed by atoms with Gasteiger partial charge in [-0.15, -0.1) is 11.3 Å². The van der Waals surface area contributed by atoms with Crippen molar-refractivity contribution in [3.05, 3.63) is 40.8 Å². The molecular formula is C12H13N3O4S2. The topological polar surface area (TPSA) is 109 Å². The molecule has 0 aliphatic heterocycles. The molecule has 21 heavy (non-hydrogen) atoms. The summed E-state index contributed by atoms with van der Waals surface area (Å²) >= 11 is 0.942. The number of nitrogens with zero attached hydrogens (tertiary/aromatic N) is 2. The molecule has 112 valence electrons. The normalized spacial score (nSPS) is 11.5. The summed E-state index contributed by atoms with van der Waals surface area (Å²) in [6.07, 6.45) is 1.37. The molecule has 0 bridgehead atoms. The lowest BCUT2D eigenvalue weighted by atomic mass is 10.3. The van der Waals surface area contributed by atoms with Crippen LogP contribution >= 0.6 is 11.3 Å². The average Bonchev–Trinajstić information content (AvgIpc) is 2.85. The molecule has 0 saturated carbocycles. The van der Waals surface area contributed by atoms with Gasteiger partial charge >= 0.3 is 5.97 Å². The minimum absolute atomic E-state index is 0.0534. The van der Waals surface area contributed by atoms with Crippen LogP contribution in [0.3, 0.4) is 0 Å². The van der Waals surface area contributed by atoms with Crippen LogP contribution in [-0.2, 0) is 27.8 Å². The van der Waals surface area contributed by atoms with Crippen LogP contribution in [0.5, 0.6) is 0 Å². The predicted octanol–water partition coefficient (Wildman–Crippen LogP) is 0.952. The second-order valence-corrected chi connectivity index (χ2v) is 7.37. The zero-order valence-corrected chi connectivity index (χ0v) is 12.7. The lowest BCUT2D eigenvalue weighted by molar-refractivity contribution is -0.136. The highest BCUT2D eigenvalue weighted by molar-refractivity contribution is 7.91. The number of carboxylic acids is 1. The third-order valence-corrected chi connectivity index (χ3v) is 5.48. The number of aromatic nitrogens is 2. The zero-order chi connectivity index (χ0) is 15.5. The number of carboxylic acid groups (broad SMARTS) is 1. The van der Waals surface area contributed by atoms with Gasteiger partial charge in [0.15, 0.2) is 0 Å². The van der Waals surface area contributed by atoms with Crippen LogP contribution in [0.25, 0.3) is 0 Å². The van der Waals surface area contributed by atoms with Gasteiger partial charge in [0.2, 0.25) is 10.0 Å². The molecule has 0 aliphatic rings. The Morgan fingerprint density at radius 3 is 2.81 bits per heavy atom. The molecule has 0 spiro atoms. The van der Waals surface area contributed by atoms with Crippen LogP contribution in [-0.4, -0.2) is 29.5 Å². The van der Waals surface area contributed by atoms with Crippen molar-refractivity contribution in [1.29, 1.82) is 0 Å². The van der Waals surface area contributed by atoms with Gasteiger partial charge in [-0.2, -0.15) is 0 Å². The standard InChI is InChI=1S/C12H13N3O4S2/c1-8-13-5-4-9(15-8)7-14-21(18,19)12-3-2-10(20-12)6-11(16)17/h2-5,14H,6-7H2,1H3,(H,16,17). The second kappa shape index (κ2) is 6.29. The molecular weight excluding hydrogens is 314 g/mol. The van der Waals surface area contributed by atoms with Gasteiger partial charge in [-0.3, -0.25) is 4.79 Å². The molecule has 0 unspecified atom stereocenters. The Morgan fingerprint density at radius 1 is 1.38 bits per heavy atom. The van der Waals surface area contributed by atoms with E-state index in [-0.39, 0.29) is 17.2 Å². The second-order valence-electron chi connectivity index (χ2n) is 4.21. The van der Waals surface area contributed by atoms with Crippen LogP contribution in [0.4, 0.5) is 0 Å². The molecule has 0 aliphatic carbocycles. The average molecular weight is 327 g/mol. The van der Waals surface area contributed by atoms with Gasteiger partial charge < -0.3 is 5.11 Å². The number of sulfonamides is 1. The first-order valence-corrected chi connectivity index (χ1v) is 8.25. The molecule has 9 heteroatoms. The molecule has 0 atom stereocenters. The van der Waals surface area contributed by atoms with E-state index in [2.05, 4.69) is 14.7 Å². The maximum Gasteiger partial charge on any atom is 0.308 e. The highest BCUT2D eigenvalue weighted by atomic mass is 32.2. The van der Waals surface area contributed by atoms with E-state index >= 15 is 0 Å². The molecule has 2 rings (SSSR count). The van der Waals surface area contributed by atoms with Crippen molar-refractivity contribution in [3.8, 4) is 0 Å². The number of nitrogens with one attached hydrogen (secondary N) is 1. The van der Waals surface area contributed by atoms with Gasteiger partial charge in [0.1, 0.15) is 10.0 Å². The van der Waals surface area contributed by atoms with Crippen molar-refractivity contribution >= 4 is 27.3 Å². The summed E-state index contributed by atoms with van der Waals surface area (Å²) in [5.74, 6) is -0.434. The maximum atomic E-state index is 12.1. The summed E-state index contributed by atoms with van der Waals surface area (Å²) in [5.41, 5.74) is 0.563. The molecule has 0 radical (unpaired) electrons. The maximum absolute atomic E-state index is 12.1. The Hall–Kier alpha value is -1.84. The first kappa shape index (κ1) is 15.5. The number of rotatable bonds is 6. The molecule has 2 aromatic rings. The largest absolute Gasteiger partial charge is 0.481 e. The fourth-order valence-corrected chi connectivity index (χ4v) is 3.98. The predicted molar refractivity (Wildman–Crippen MR) is 76.5 cm³/mol. The Bertz CT molecular complexity index is 755. The van der Waals surface area contributed by atoms with Crippen molar-refractivity contribution in [2.75, 3.05) is 0 Å². The van der Waals surface area contributed by atoms with Crippen LogP contribution in [0, 0.1) is 6.92 Å². The summed E-state index contributed by atoms with van der Waals surface area (Å²) in [4.78, 5) is 19.1. The SMILES string of the molecule is Cc1nccc(CNS(=O)(=O)c2ccc(CC(=O)O)s2)n1. The summed E-state index contributed by atoms with van der Waals surface area (Å²) in [5, 5.41) is 8.68. The first-order valence-electron chi connectivity index (χ1n) is 5.95. The lowest BCUT2D eigenvalue weighted by Crippen LogP contribution is -2.23. The fourth-order valence-electron chi connectivity index (χ4n) is 1.59. The summed E-state index contributed by atoms with van der Waals surface area (Å²) in [6, 6.07) is 4.53. The Kier molecular flexibility index (Phi) is 4.66. The van der Waals surface area contributed by atoms with Crippen LogP contribution in [0.1, 0.15) is 16.4 Å². The fraction of sp³-hybridized carbons (Fsp3) is 0.250. The smallest absolute Gasteiger partial charge is 0.308 e. The molecule has 0 amide bonds. The number of carbonyl (C=O) groups is 1. The minimum atomic E-state index is -3.67. The Balaban J connectivity index is 2.08. The molecule has 7 nitrogen and oxygen atoms in total. The third kappa shape index (κ3) is 4.31. The molecule has 0 aromatic carbocycles. The van der Waals surface area contributed by atoms with Gasteiger partial charge in [0, 0.05) is 11.1 Å². The Labute approximate surface area is 125 Å². The van der Waals surface area contributed by atoms with Crippen molar-refractivity contribution in [2.45, 2.75) is 24.1 Å². The quantitative estimate of drug-likeness (QED) is 0.817. The van der Waals surface area contributed by atoms with E-state index in [4.69, 9.17) is 5.11 Å². The molecule has 0 saturated heterocycles. The monoisotopic (exact) mass is 327 g/mol. The van der Waals surface area contributed by atoms with Crippen molar-refractivity contribution < 1.29 is 18.3 Å². The number of hydrogen-bond acceptors (Lipinski definition) is 6. The van der Waals surface area contributed by atoms with Crippen molar-refractivity contribution in [3.63, 3.8) is 0 Å². The number of thiophene rings is 1. The summed E-state index contributed by atoms with van der Waals surface area (Å²) < 4.78 is 26.7. The number of hydrogen-bond donors (Lipinski definition) is 2. The lowest BCUT2D eigenvalue weighted by Gasteiger charge is -2.04. The molecule has 0 fully saturated rings. The van der Waals surface area contributed by atoms with E-state index in [1.54, 1.807) is 19.2 Å². The van der Waals surface area contributed by atoms with Gasteiger partial charge in [0.05, 0.1) is 18.7 Å². The van der Waals surface area contributed by atoms with Crippen molar-refractivity contribution in [1.82, 2.24) is 14.7 Å². The zero-order valence-electron chi connectivity index (χ0n) is 11.1. The van der Waals surface area contributed by atoms with E-state index in [0.717, 1.165) is 11.3 Å². The van der Waals surface area contributed by atoms with Crippen LogP contribution in [0.15, 0.2) is 28.6 Å². The molecule has 2 N–H and O–H groups in total. The van der Waals surface area contributed by atoms with E-state index in [1.807, 2.05) is 0 Å². The van der Waals surface area contributed by atoms with Gasteiger partial charge in [0.25, 0.3) is 0 Å². The van der Waals surface area contributed by atoms with Crippen molar-refractivity contribution in [2.24, 2.45) is 0 Å². The van der Waals surface area contributed by atoms with Crippen LogP contribution < -0.4 is 4.72 Å². The van der Waals surface area contributed by atoms with E-state index < -0.39 is 16.0 Å². The highest BCUT2D eigenvalue weighted by Crippen LogP contribution is 2.22. The summed E-state index contributed by atoms with van der Waals surface area (Å²) in [6.45, 7) is 1.77. The van der Waals surface area contributed by atoms with Gasteiger partial charge in [-0.25, -0.2) is 23.1 Å². The van der Waals surface area contributed by atoms with Crippen LogP contribution in [0.2, 0.25) is 0 Å². The van der Waals surface area contributed by atoms with E-state index in [9.17, 15) is 13.2 Å². The minimum Gasteiger partial charge on any atom is -0.481 e. The van der Waals surface area contributed by atoms with E-state index in [1.165, 1.54) is 12.1 Å². The molecule has 2 heterocycles. The molecule has 2 aromatic heterocycles. The summed E-state index contributed by atoms with van der Waals surface area (Å²) in [7, 11) is -3.67.